The van der Waals surface area contributed by atoms with E-state index in [1.165, 1.54) is 51.4 Å². The van der Waals surface area contributed by atoms with Crippen LogP contribution in [0.1, 0.15) is 71.1 Å². The van der Waals surface area contributed by atoms with Gasteiger partial charge in [0.05, 0.1) is 0 Å². The van der Waals surface area contributed by atoms with E-state index in [9.17, 15) is 4.79 Å². The summed E-state index contributed by atoms with van der Waals surface area (Å²) in [4.78, 5) is 12.1. The second-order valence-electron chi connectivity index (χ2n) is 6.67. The Kier molecular flexibility index (Phi) is 7.90. The summed E-state index contributed by atoms with van der Waals surface area (Å²) in [5.74, 6) is 0.271. The van der Waals surface area contributed by atoms with Crippen LogP contribution in [-0.2, 0) is 4.79 Å². The minimum absolute atomic E-state index is 0. The van der Waals surface area contributed by atoms with Crippen LogP contribution in [0.2, 0.25) is 0 Å². The highest BCUT2D eigenvalue weighted by Crippen LogP contribution is 2.37. The van der Waals surface area contributed by atoms with E-state index in [0.29, 0.717) is 6.04 Å². The van der Waals surface area contributed by atoms with Crippen LogP contribution in [0.15, 0.2) is 0 Å². The monoisotopic (exact) mass is 302 g/mol. The van der Waals surface area contributed by atoms with Crippen molar-refractivity contribution >= 4 is 18.3 Å². The van der Waals surface area contributed by atoms with E-state index in [2.05, 4.69) is 17.6 Å². The summed E-state index contributed by atoms with van der Waals surface area (Å²) in [6.07, 6.45) is 12.7. The van der Waals surface area contributed by atoms with Gasteiger partial charge in [0.2, 0.25) is 5.91 Å². The molecule has 0 saturated heterocycles. The number of rotatable bonds is 5. The lowest BCUT2D eigenvalue weighted by Crippen LogP contribution is -2.42. The maximum absolute atomic E-state index is 12.1. The largest absolute Gasteiger partial charge is 0.354 e. The van der Waals surface area contributed by atoms with Gasteiger partial charge in [-0.1, -0.05) is 45.4 Å². The van der Waals surface area contributed by atoms with Crippen molar-refractivity contribution in [3.63, 3.8) is 0 Å². The van der Waals surface area contributed by atoms with Crippen LogP contribution in [-0.4, -0.2) is 25.0 Å². The van der Waals surface area contributed by atoms with Gasteiger partial charge in [-0.25, -0.2) is 0 Å². The van der Waals surface area contributed by atoms with Crippen molar-refractivity contribution in [3.8, 4) is 0 Å². The van der Waals surface area contributed by atoms with E-state index >= 15 is 0 Å². The Balaban J connectivity index is 0.00000200. The first-order chi connectivity index (χ1) is 9.21. The molecule has 2 aliphatic rings. The SMILES string of the molecule is CC1(C(=O)NCCNC2CCCCCC2)CCCC1.Cl. The third-order valence-corrected chi connectivity index (χ3v) is 4.95. The summed E-state index contributed by atoms with van der Waals surface area (Å²) >= 11 is 0. The molecule has 0 heterocycles. The molecule has 2 saturated carbocycles. The van der Waals surface area contributed by atoms with Crippen molar-refractivity contribution in [2.45, 2.75) is 77.2 Å². The lowest BCUT2D eigenvalue weighted by atomic mass is 9.88. The summed E-state index contributed by atoms with van der Waals surface area (Å²) in [5, 5.41) is 6.72. The Hall–Kier alpha value is -0.280. The Morgan fingerprint density at radius 1 is 1.00 bits per heavy atom. The molecule has 20 heavy (non-hydrogen) atoms. The molecule has 3 nitrogen and oxygen atoms in total. The molecule has 4 heteroatoms. The second kappa shape index (κ2) is 8.89. The van der Waals surface area contributed by atoms with Crippen LogP contribution in [0.5, 0.6) is 0 Å². The topological polar surface area (TPSA) is 41.1 Å². The van der Waals surface area contributed by atoms with E-state index in [0.717, 1.165) is 25.9 Å². The summed E-state index contributed by atoms with van der Waals surface area (Å²) in [7, 11) is 0. The zero-order valence-electron chi connectivity index (χ0n) is 12.9. The van der Waals surface area contributed by atoms with Crippen molar-refractivity contribution in [2.24, 2.45) is 5.41 Å². The molecule has 1 amide bonds. The zero-order valence-corrected chi connectivity index (χ0v) is 13.7. The van der Waals surface area contributed by atoms with E-state index in [1.54, 1.807) is 0 Å². The normalized spacial score (nSPS) is 22.9. The Morgan fingerprint density at radius 2 is 1.60 bits per heavy atom. The molecule has 2 rings (SSSR count). The molecule has 0 atom stereocenters. The third kappa shape index (κ3) is 5.25. The lowest BCUT2D eigenvalue weighted by molar-refractivity contribution is -0.129. The van der Waals surface area contributed by atoms with E-state index in [1.807, 2.05) is 0 Å². The minimum atomic E-state index is -0.0810. The van der Waals surface area contributed by atoms with E-state index in [4.69, 9.17) is 0 Å². The minimum Gasteiger partial charge on any atom is -0.354 e. The van der Waals surface area contributed by atoms with Gasteiger partial charge in [-0.2, -0.15) is 0 Å². The molecule has 2 fully saturated rings. The molecule has 2 N–H and O–H groups in total. The van der Waals surface area contributed by atoms with Crippen molar-refractivity contribution in [1.29, 1.82) is 0 Å². The van der Waals surface area contributed by atoms with Gasteiger partial charge in [0.15, 0.2) is 0 Å². The van der Waals surface area contributed by atoms with Gasteiger partial charge in [0.25, 0.3) is 0 Å². The van der Waals surface area contributed by atoms with Gasteiger partial charge in [0.1, 0.15) is 0 Å². The predicted octanol–water partition coefficient (Wildman–Crippen LogP) is 3.42. The number of halogens is 1. The van der Waals surface area contributed by atoms with Crippen LogP contribution in [0.4, 0.5) is 0 Å². The van der Waals surface area contributed by atoms with Crippen molar-refractivity contribution in [2.75, 3.05) is 13.1 Å². The Labute approximate surface area is 130 Å². The van der Waals surface area contributed by atoms with Crippen molar-refractivity contribution < 1.29 is 4.79 Å². The fourth-order valence-electron chi connectivity index (χ4n) is 3.53. The maximum atomic E-state index is 12.1. The zero-order chi connectivity index (χ0) is 13.6. The average Bonchev–Trinajstić information content (AvgIpc) is 2.70. The first-order valence-electron chi connectivity index (χ1n) is 8.22. The van der Waals surface area contributed by atoms with E-state index < -0.39 is 0 Å². The van der Waals surface area contributed by atoms with Crippen molar-refractivity contribution in [1.82, 2.24) is 10.6 Å². The first-order valence-corrected chi connectivity index (χ1v) is 8.22. The number of hydrogen-bond donors (Lipinski definition) is 2. The van der Waals surface area contributed by atoms with Crippen LogP contribution >= 0.6 is 12.4 Å². The van der Waals surface area contributed by atoms with Crippen molar-refractivity contribution in [3.05, 3.63) is 0 Å². The summed E-state index contributed by atoms with van der Waals surface area (Å²) in [5.41, 5.74) is -0.0810. The average molecular weight is 303 g/mol. The number of amides is 1. The van der Waals surface area contributed by atoms with E-state index in [-0.39, 0.29) is 23.7 Å². The van der Waals surface area contributed by atoms with Gasteiger partial charge < -0.3 is 10.6 Å². The smallest absolute Gasteiger partial charge is 0.225 e. The molecule has 0 aromatic heterocycles. The fourth-order valence-corrected chi connectivity index (χ4v) is 3.53. The van der Waals surface area contributed by atoms with Crippen LogP contribution in [0.3, 0.4) is 0 Å². The molecule has 0 aromatic rings. The van der Waals surface area contributed by atoms with Gasteiger partial charge >= 0.3 is 0 Å². The van der Waals surface area contributed by atoms with Crippen LogP contribution in [0.25, 0.3) is 0 Å². The highest BCUT2D eigenvalue weighted by atomic mass is 35.5. The molecule has 118 valence electrons. The number of carbonyl (C=O) groups is 1. The predicted molar refractivity (Wildman–Crippen MR) is 86.3 cm³/mol. The Morgan fingerprint density at radius 3 is 2.20 bits per heavy atom. The lowest BCUT2D eigenvalue weighted by Gasteiger charge is -2.23. The second-order valence-corrected chi connectivity index (χ2v) is 6.67. The summed E-state index contributed by atoms with van der Waals surface area (Å²) in [6.45, 7) is 3.82. The van der Waals surface area contributed by atoms with Gasteiger partial charge in [-0.3, -0.25) is 4.79 Å². The molecule has 0 aliphatic heterocycles. The third-order valence-electron chi connectivity index (χ3n) is 4.95. The van der Waals surface area contributed by atoms with Gasteiger partial charge in [-0.05, 0) is 25.7 Å². The van der Waals surface area contributed by atoms with Crippen LogP contribution < -0.4 is 10.6 Å². The van der Waals surface area contributed by atoms with Gasteiger partial charge in [-0.15, -0.1) is 12.4 Å². The Bertz CT molecular complexity index is 282. The molecule has 2 aliphatic carbocycles. The maximum Gasteiger partial charge on any atom is 0.225 e. The molecule has 0 bridgehead atoms. The standard InChI is InChI=1S/C16H30N2O.ClH/c1-16(10-6-7-11-16)15(19)18-13-12-17-14-8-4-2-3-5-9-14;/h14,17H,2-13H2,1H3,(H,18,19);1H. The number of hydrogen-bond acceptors (Lipinski definition) is 2. The first kappa shape index (κ1) is 17.8. The number of carbonyl (C=O) groups excluding carboxylic acids is 1. The van der Waals surface area contributed by atoms with Gasteiger partial charge in [0, 0.05) is 24.5 Å². The molecule has 0 unspecified atom stereocenters. The highest BCUT2D eigenvalue weighted by molar-refractivity contribution is 5.85. The number of nitrogens with one attached hydrogen (secondary N) is 2. The molecular weight excluding hydrogens is 272 g/mol. The summed E-state index contributed by atoms with van der Waals surface area (Å²) in [6, 6.07) is 0.682. The molecular formula is C16H31ClN2O. The molecule has 0 radical (unpaired) electrons. The highest BCUT2D eigenvalue weighted by Gasteiger charge is 2.35. The van der Waals surface area contributed by atoms with Crippen LogP contribution in [0, 0.1) is 5.41 Å². The summed E-state index contributed by atoms with van der Waals surface area (Å²) < 4.78 is 0. The quantitative estimate of drug-likeness (QED) is 0.603. The fraction of sp³-hybridized carbons (Fsp3) is 0.938. The molecule has 0 aromatic carbocycles. The molecule has 0 spiro atoms.